The van der Waals surface area contributed by atoms with E-state index in [-0.39, 0.29) is 23.8 Å². The van der Waals surface area contributed by atoms with E-state index in [0.717, 1.165) is 25.0 Å². The Morgan fingerprint density at radius 1 is 1.09 bits per heavy atom. The number of hydrogen-bond acceptors (Lipinski definition) is 4. The number of nitrogens with zero attached hydrogens (tertiary/aromatic N) is 1. The van der Waals surface area contributed by atoms with Gasteiger partial charge >= 0.3 is 5.97 Å². The molecule has 1 radical (unpaired) electrons. The molecule has 187 valence electrons. The fraction of sp³-hybridized carbons (Fsp3) is 0.484. The van der Waals surface area contributed by atoms with Crippen LogP contribution < -0.4 is 0 Å². The number of benzene rings is 2. The molecule has 1 fully saturated rings. The van der Waals surface area contributed by atoms with Crippen molar-refractivity contribution in [2.45, 2.75) is 58.3 Å². The summed E-state index contributed by atoms with van der Waals surface area (Å²) in [5, 5.41) is 11.9. The van der Waals surface area contributed by atoms with Crippen LogP contribution in [0.3, 0.4) is 0 Å². The van der Waals surface area contributed by atoms with E-state index in [1.807, 2.05) is 13.3 Å². The van der Waals surface area contributed by atoms with Gasteiger partial charge in [-0.05, 0) is 61.3 Å². The number of fused-ring (bicyclic) bond motifs is 1. The molecule has 1 saturated carbocycles. The van der Waals surface area contributed by atoms with E-state index in [1.54, 1.807) is 0 Å². The third-order valence-corrected chi connectivity index (χ3v) is 8.30. The van der Waals surface area contributed by atoms with Crippen LogP contribution in [0, 0.1) is 30.1 Å². The van der Waals surface area contributed by atoms with Crippen LogP contribution in [0.5, 0.6) is 0 Å². The van der Waals surface area contributed by atoms with E-state index < -0.39 is 11.7 Å². The molecule has 6 atom stereocenters. The second kappa shape index (κ2) is 10.7. The predicted octanol–water partition coefficient (Wildman–Crippen LogP) is 5.83. The van der Waals surface area contributed by atoms with E-state index in [4.69, 9.17) is 4.74 Å². The van der Waals surface area contributed by atoms with Gasteiger partial charge in [-0.1, -0.05) is 80.6 Å². The first-order valence-corrected chi connectivity index (χ1v) is 12.9. The van der Waals surface area contributed by atoms with Crippen molar-refractivity contribution in [3.63, 3.8) is 0 Å². The number of rotatable bonds is 7. The van der Waals surface area contributed by atoms with Crippen LogP contribution in [0.2, 0.25) is 0 Å². The molecule has 35 heavy (non-hydrogen) atoms. The minimum Gasteiger partial charge on any atom is -0.458 e. The molecule has 1 unspecified atom stereocenters. The number of esters is 1. The van der Waals surface area contributed by atoms with E-state index in [2.05, 4.69) is 92.5 Å². The highest BCUT2D eigenvalue weighted by Gasteiger charge is 2.53. The minimum atomic E-state index is -0.965. The molecular weight excluding hydrogens is 434 g/mol. The Hall–Kier alpha value is -2.43. The lowest BCUT2D eigenvalue weighted by atomic mass is 9.57. The molecule has 0 aromatic heterocycles. The molecule has 0 heterocycles. The zero-order chi connectivity index (χ0) is 25.2. The summed E-state index contributed by atoms with van der Waals surface area (Å²) in [6.45, 7) is 8.80. The quantitative estimate of drug-likeness (QED) is 0.405. The Kier molecular flexibility index (Phi) is 7.83. The van der Waals surface area contributed by atoms with Crippen molar-refractivity contribution >= 4 is 5.97 Å². The Labute approximate surface area is 211 Å². The molecular formula is C31H40NO3. The van der Waals surface area contributed by atoms with Crippen molar-refractivity contribution in [2.75, 3.05) is 13.6 Å². The molecule has 1 N–H and O–H groups in total. The van der Waals surface area contributed by atoms with Crippen LogP contribution in [0.4, 0.5) is 0 Å². The molecule has 0 saturated heterocycles. The maximum absolute atomic E-state index is 11.9. The smallest absolute Gasteiger partial charge is 0.303 e. The number of carbonyl (C=O) groups excluding carboxylic acids is 1. The van der Waals surface area contributed by atoms with E-state index in [1.165, 1.54) is 18.1 Å². The van der Waals surface area contributed by atoms with Gasteiger partial charge < -0.3 is 9.84 Å². The third kappa shape index (κ3) is 5.39. The summed E-state index contributed by atoms with van der Waals surface area (Å²) in [5.41, 5.74) is 2.62. The van der Waals surface area contributed by atoms with Crippen LogP contribution in [-0.4, -0.2) is 41.3 Å². The van der Waals surface area contributed by atoms with E-state index in [0.29, 0.717) is 11.8 Å². The molecule has 4 heteroatoms. The van der Waals surface area contributed by atoms with Crippen molar-refractivity contribution in [3.8, 4) is 0 Å². The SMILES string of the molecule is CC(=O)O[C@@H]1[CH][C@@]2(O)[C@H](C)CC[C@@H](C(C)CN(C)C(c3ccccc3)c3ccccc3)[C@H]2C=C1C. The number of ether oxygens (including phenoxy) is 1. The van der Waals surface area contributed by atoms with Crippen LogP contribution >= 0.6 is 0 Å². The van der Waals surface area contributed by atoms with Gasteiger partial charge in [-0.3, -0.25) is 9.69 Å². The second-order valence-corrected chi connectivity index (χ2v) is 10.8. The summed E-state index contributed by atoms with van der Waals surface area (Å²) in [6, 6.07) is 21.6. The molecule has 4 nitrogen and oxygen atoms in total. The summed E-state index contributed by atoms with van der Waals surface area (Å²) in [6.07, 6.45) is 5.69. The third-order valence-electron chi connectivity index (χ3n) is 8.30. The van der Waals surface area contributed by atoms with Gasteiger partial charge in [-0.2, -0.15) is 0 Å². The highest BCUT2D eigenvalue weighted by Crippen LogP contribution is 2.51. The van der Waals surface area contributed by atoms with E-state index >= 15 is 0 Å². The summed E-state index contributed by atoms with van der Waals surface area (Å²) in [4.78, 5) is 14.1. The molecule has 2 aromatic rings. The Balaban J connectivity index is 1.58. The van der Waals surface area contributed by atoms with Crippen LogP contribution in [0.25, 0.3) is 0 Å². The molecule has 0 spiro atoms. The van der Waals surface area contributed by atoms with Crippen molar-refractivity contribution in [1.29, 1.82) is 0 Å². The van der Waals surface area contributed by atoms with Gasteiger partial charge in [0.25, 0.3) is 0 Å². The van der Waals surface area contributed by atoms with Crippen LogP contribution in [0.1, 0.15) is 57.7 Å². The van der Waals surface area contributed by atoms with Crippen molar-refractivity contribution < 1.29 is 14.6 Å². The first-order valence-electron chi connectivity index (χ1n) is 12.9. The lowest BCUT2D eigenvalue weighted by molar-refractivity contribution is -0.148. The average molecular weight is 475 g/mol. The van der Waals surface area contributed by atoms with Gasteiger partial charge in [-0.25, -0.2) is 0 Å². The van der Waals surface area contributed by atoms with Crippen molar-refractivity contribution in [2.24, 2.45) is 23.7 Å². The highest BCUT2D eigenvalue weighted by molar-refractivity contribution is 5.66. The molecule has 0 bridgehead atoms. The largest absolute Gasteiger partial charge is 0.458 e. The first-order chi connectivity index (χ1) is 16.7. The van der Waals surface area contributed by atoms with Crippen LogP contribution in [0.15, 0.2) is 72.3 Å². The van der Waals surface area contributed by atoms with Gasteiger partial charge in [0.1, 0.15) is 6.10 Å². The summed E-state index contributed by atoms with van der Waals surface area (Å²) in [5.74, 6) is 0.548. The molecule has 2 aliphatic rings. The fourth-order valence-electron chi connectivity index (χ4n) is 6.42. The molecule has 0 aliphatic heterocycles. The predicted molar refractivity (Wildman–Crippen MR) is 140 cm³/mol. The Morgan fingerprint density at radius 3 is 2.20 bits per heavy atom. The number of carbonyl (C=O) groups is 1. The Morgan fingerprint density at radius 2 is 1.66 bits per heavy atom. The zero-order valence-electron chi connectivity index (χ0n) is 21.7. The molecule has 4 rings (SSSR count). The normalized spacial score (nSPS) is 29.4. The van der Waals surface area contributed by atoms with Gasteiger partial charge in [0.15, 0.2) is 0 Å². The Bertz CT molecular complexity index is 981. The van der Waals surface area contributed by atoms with Gasteiger partial charge in [0.05, 0.1) is 11.6 Å². The highest BCUT2D eigenvalue weighted by atomic mass is 16.5. The number of aliphatic hydroxyl groups is 1. The standard InChI is InChI=1S/C31H40NO3/c1-21-18-28-27(17-16-23(3)31(28,34)19-29(21)35-24(4)33)22(2)20-32(5)30(25-12-8-6-9-13-25)26-14-10-7-11-15-26/h6-15,18-19,22-23,27-30,34H,16-17,20H2,1-5H3/t22?,23-,27+,28-,29-,31-/m1/s1. The average Bonchev–Trinajstić information content (AvgIpc) is 2.82. The summed E-state index contributed by atoms with van der Waals surface area (Å²) < 4.78 is 5.52. The molecule has 2 aliphatic carbocycles. The number of hydrogen-bond donors (Lipinski definition) is 1. The maximum Gasteiger partial charge on any atom is 0.303 e. The van der Waals surface area contributed by atoms with Crippen molar-refractivity contribution in [1.82, 2.24) is 4.90 Å². The van der Waals surface area contributed by atoms with Crippen molar-refractivity contribution in [3.05, 3.63) is 89.9 Å². The molecule has 0 amide bonds. The molecule has 2 aromatic carbocycles. The topological polar surface area (TPSA) is 49.8 Å². The summed E-state index contributed by atoms with van der Waals surface area (Å²) >= 11 is 0. The zero-order valence-corrected chi connectivity index (χ0v) is 21.7. The minimum absolute atomic E-state index is 0.0216. The monoisotopic (exact) mass is 474 g/mol. The lowest BCUT2D eigenvalue weighted by Crippen LogP contribution is -2.56. The lowest BCUT2D eigenvalue weighted by Gasteiger charge is -2.53. The maximum atomic E-state index is 11.9. The van der Waals surface area contributed by atoms with Gasteiger partial charge in [0.2, 0.25) is 0 Å². The van der Waals surface area contributed by atoms with Gasteiger partial charge in [-0.15, -0.1) is 0 Å². The fourth-order valence-corrected chi connectivity index (χ4v) is 6.42. The second-order valence-electron chi connectivity index (χ2n) is 10.8. The first kappa shape index (κ1) is 25.7. The summed E-state index contributed by atoms with van der Waals surface area (Å²) in [7, 11) is 2.21. The van der Waals surface area contributed by atoms with Crippen LogP contribution in [-0.2, 0) is 9.53 Å². The van der Waals surface area contributed by atoms with E-state index in [9.17, 15) is 9.90 Å². The van der Waals surface area contributed by atoms with Gasteiger partial charge in [0, 0.05) is 25.8 Å².